The third-order valence-electron chi connectivity index (χ3n) is 4.41. The number of hydrogen-bond acceptors (Lipinski definition) is 4. The Hall–Kier alpha value is -2.44. The zero-order valence-electron chi connectivity index (χ0n) is 14.9. The van der Waals surface area contributed by atoms with Gasteiger partial charge in [-0.3, -0.25) is 4.79 Å². The highest BCUT2D eigenvalue weighted by Crippen LogP contribution is 2.22. The number of hydrogen-bond donors (Lipinski definition) is 1. The van der Waals surface area contributed by atoms with Gasteiger partial charge in [-0.25, -0.2) is 8.42 Å². The summed E-state index contributed by atoms with van der Waals surface area (Å²) in [5, 5.41) is 2.87. The minimum absolute atomic E-state index is 0.221. The van der Waals surface area contributed by atoms with Crippen LogP contribution in [0.4, 0.5) is 5.69 Å². The van der Waals surface area contributed by atoms with Gasteiger partial charge in [0.05, 0.1) is 4.90 Å². The van der Waals surface area contributed by atoms with E-state index in [4.69, 9.17) is 0 Å². The standard InChI is InChI=1S/C20H22N2O3S/c1-22-12-11-16-6-7-18(13-17(16)14-22)21-20(23)10-5-15-3-8-19(9-4-15)26(2,24)25/h3-10,13H,11-12,14H2,1-2H3,(H,21,23). The van der Waals surface area contributed by atoms with Crippen molar-refractivity contribution in [3.8, 4) is 0 Å². The molecule has 1 aliphatic rings. The number of benzene rings is 2. The molecule has 136 valence electrons. The molecule has 2 aromatic carbocycles. The third kappa shape index (κ3) is 4.59. The molecule has 1 aliphatic heterocycles. The summed E-state index contributed by atoms with van der Waals surface area (Å²) in [6.07, 6.45) is 5.31. The van der Waals surface area contributed by atoms with Crippen LogP contribution in [0.5, 0.6) is 0 Å². The number of anilines is 1. The second kappa shape index (κ2) is 7.43. The van der Waals surface area contributed by atoms with Gasteiger partial charge in [-0.15, -0.1) is 0 Å². The molecule has 0 bridgehead atoms. The highest BCUT2D eigenvalue weighted by atomic mass is 32.2. The van der Waals surface area contributed by atoms with E-state index in [0.29, 0.717) is 0 Å². The zero-order valence-corrected chi connectivity index (χ0v) is 15.7. The van der Waals surface area contributed by atoms with E-state index >= 15 is 0 Å². The molecule has 1 amide bonds. The Bertz CT molecular complexity index is 948. The molecule has 1 heterocycles. The average molecular weight is 370 g/mol. The van der Waals surface area contributed by atoms with Gasteiger partial charge in [-0.2, -0.15) is 0 Å². The summed E-state index contributed by atoms with van der Waals surface area (Å²) in [4.78, 5) is 14.7. The van der Waals surface area contributed by atoms with Gasteiger partial charge in [0.1, 0.15) is 0 Å². The zero-order chi connectivity index (χ0) is 18.7. The molecule has 1 N–H and O–H groups in total. The Kier molecular flexibility index (Phi) is 5.25. The molecule has 26 heavy (non-hydrogen) atoms. The molecule has 3 rings (SSSR count). The minimum Gasteiger partial charge on any atom is -0.323 e. The van der Waals surface area contributed by atoms with Gasteiger partial charge in [0.15, 0.2) is 9.84 Å². The summed E-state index contributed by atoms with van der Waals surface area (Å²) in [5.41, 5.74) is 4.13. The maximum absolute atomic E-state index is 12.1. The summed E-state index contributed by atoms with van der Waals surface area (Å²) in [5.74, 6) is -0.221. The number of sulfone groups is 1. The lowest BCUT2D eigenvalue weighted by Crippen LogP contribution is -2.26. The summed E-state index contributed by atoms with van der Waals surface area (Å²) >= 11 is 0. The Balaban J connectivity index is 1.65. The van der Waals surface area contributed by atoms with Crippen molar-refractivity contribution >= 4 is 27.5 Å². The van der Waals surface area contributed by atoms with Crippen molar-refractivity contribution in [3.05, 3.63) is 65.2 Å². The molecule has 0 fully saturated rings. The van der Waals surface area contributed by atoms with Crippen molar-refractivity contribution in [1.82, 2.24) is 4.90 Å². The number of likely N-dealkylation sites (N-methyl/N-ethyl adjacent to an activating group) is 1. The van der Waals surface area contributed by atoms with Gasteiger partial charge in [0, 0.05) is 31.1 Å². The molecule has 0 aromatic heterocycles. The second-order valence-corrected chi connectivity index (χ2v) is 8.65. The fourth-order valence-electron chi connectivity index (χ4n) is 2.96. The van der Waals surface area contributed by atoms with E-state index in [-0.39, 0.29) is 10.8 Å². The smallest absolute Gasteiger partial charge is 0.248 e. The normalized spacial score (nSPS) is 15.0. The first kappa shape index (κ1) is 18.4. The number of amides is 1. The Labute approximate surface area is 154 Å². The number of rotatable bonds is 4. The van der Waals surface area contributed by atoms with Crippen LogP contribution in [0.15, 0.2) is 53.4 Å². The monoisotopic (exact) mass is 370 g/mol. The molecule has 0 unspecified atom stereocenters. The van der Waals surface area contributed by atoms with Crippen molar-refractivity contribution < 1.29 is 13.2 Å². The van der Waals surface area contributed by atoms with Gasteiger partial charge >= 0.3 is 0 Å². The number of carbonyl (C=O) groups is 1. The number of carbonyl (C=O) groups excluding carboxylic acids is 1. The van der Waals surface area contributed by atoms with Crippen LogP contribution < -0.4 is 5.32 Å². The molecule has 0 radical (unpaired) electrons. The average Bonchev–Trinajstić information content (AvgIpc) is 2.59. The summed E-state index contributed by atoms with van der Waals surface area (Å²) < 4.78 is 22.9. The molecule has 0 aliphatic carbocycles. The van der Waals surface area contributed by atoms with E-state index in [0.717, 1.165) is 30.8 Å². The van der Waals surface area contributed by atoms with E-state index in [2.05, 4.69) is 23.3 Å². The number of nitrogens with one attached hydrogen (secondary N) is 1. The fraction of sp³-hybridized carbons (Fsp3) is 0.250. The van der Waals surface area contributed by atoms with Crippen molar-refractivity contribution in [2.45, 2.75) is 17.9 Å². The van der Waals surface area contributed by atoms with Crippen LogP contribution in [0.3, 0.4) is 0 Å². The maximum atomic E-state index is 12.1. The third-order valence-corrected chi connectivity index (χ3v) is 5.54. The predicted molar refractivity (Wildman–Crippen MR) is 104 cm³/mol. The lowest BCUT2D eigenvalue weighted by molar-refractivity contribution is -0.111. The van der Waals surface area contributed by atoms with E-state index in [1.807, 2.05) is 12.1 Å². The summed E-state index contributed by atoms with van der Waals surface area (Å²) in [6.45, 7) is 1.95. The van der Waals surface area contributed by atoms with Gasteiger partial charge in [0.25, 0.3) is 0 Å². The first-order valence-electron chi connectivity index (χ1n) is 8.41. The minimum atomic E-state index is -3.21. The Morgan fingerprint density at radius 1 is 1.12 bits per heavy atom. The van der Waals surface area contributed by atoms with Crippen molar-refractivity contribution in [2.75, 3.05) is 25.2 Å². The van der Waals surface area contributed by atoms with Crippen LogP contribution in [0.2, 0.25) is 0 Å². The quantitative estimate of drug-likeness (QED) is 0.841. The van der Waals surface area contributed by atoms with Crippen molar-refractivity contribution in [2.24, 2.45) is 0 Å². The largest absolute Gasteiger partial charge is 0.323 e. The van der Waals surface area contributed by atoms with Crippen molar-refractivity contribution in [3.63, 3.8) is 0 Å². The molecule has 2 aromatic rings. The first-order valence-corrected chi connectivity index (χ1v) is 10.3. The van der Waals surface area contributed by atoms with Crippen LogP contribution in [0.25, 0.3) is 6.08 Å². The molecule has 0 atom stereocenters. The molecular weight excluding hydrogens is 348 g/mol. The van der Waals surface area contributed by atoms with E-state index < -0.39 is 9.84 Å². The molecular formula is C20H22N2O3S. The highest BCUT2D eigenvalue weighted by molar-refractivity contribution is 7.90. The summed E-state index contributed by atoms with van der Waals surface area (Å²) in [7, 11) is -1.12. The predicted octanol–water partition coefficient (Wildman–Crippen LogP) is 2.73. The number of nitrogens with zero attached hydrogens (tertiary/aromatic N) is 1. The molecule has 0 saturated heterocycles. The van der Waals surface area contributed by atoms with Crippen molar-refractivity contribution in [1.29, 1.82) is 0 Å². The molecule has 0 saturated carbocycles. The SMILES string of the molecule is CN1CCc2ccc(NC(=O)C=Cc3ccc(S(C)(=O)=O)cc3)cc2C1. The van der Waals surface area contributed by atoms with Gasteiger partial charge in [-0.1, -0.05) is 18.2 Å². The lowest BCUT2D eigenvalue weighted by atomic mass is 9.99. The van der Waals surface area contributed by atoms with E-state index in [1.54, 1.807) is 18.2 Å². The maximum Gasteiger partial charge on any atom is 0.248 e. The second-order valence-electron chi connectivity index (χ2n) is 6.64. The topological polar surface area (TPSA) is 66.5 Å². The van der Waals surface area contributed by atoms with Gasteiger partial charge in [-0.05, 0) is 60.5 Å². The Morgan fingerprint density at radius 3 is 2.54 bits per heavy atom. The van der Waals surface area contributed by atoms with E-state index in [9.17, 15) is 13.2 Å². The van der Waals surface area contributed by atoms with Crippen LogP contribution >= 0.6 is 0 Å². The first-order chi connectivity index (χ1) is 12.3. The molecule has 5 nitrogen and oxygen atoms in total. The van der Waals surface area contributed by atoms with Gasteiger partial charge < -0.3 is 10.2 Å². The van der Waals surface area contributed by atoms with Crippen LogP contribution in [-0.4, -0.2) is 39.1 Å². The van der Waals surface area contributed by atoms with Crippen LogP contribution in [-0.2, 0) is 27.6 Å². The molecule has 0 spiro atoms. The highest BCUT2D eigenvalue weighted by Gasteiger charge is 2.13. The lowest BCUT2D eigenvalue weighted by Gasteiger charge is -2.25. The Morgan fingerprint density at radius 2 is 1.85 bits per heavy atom. The van der Waals surface area contributed by atoms with E-state index in [1.165, 1.54) is 35.6 Å². The summed E-state index contributed by atoms with van der Waals surface area (Å²) in [6, 6.07) is 12.4. The van der Waals surface area contributed by atoms with Crippen LogP contribution in [0.1, 0.15) is 16.7 Å². The van der Waals surface area contributed by atoms with Crippen LogP contribution in [0, 0.1) is 0 Å². The van der Waals surface area contributed by atoms with Gasteiger partial charge in [0.2, 0.25) is 5.91 Å². The molecule has 6 heteroatoms. The fourth-order valence-corrected chi connectivity index (χ4v) is 3.59. The number of fused-ring (bicyclic) bond motifs is 1.